The molecule has 0 aliphatic heterocycles. The molecule has 0 unspecified atom stereocenters. The lowest BCUT2D eigenvalue weighted by molar-refractivity contribution is 0.0948. The minimum absolute atomic E-state index is 0.314. The summed E-state index contributed by atoms with van der Waals surface area (Å²) in [4.78, 5) is 11.6. The van der Waals surface area contributed by atoms with Crippen molar-refractivity contribution in [3.8, 4) is 0 Å². The molecule has 1 aromatic rings. The minimum atomic E-state index is -0.814. The Bertz CT molecular complexity index is 429. The Morgan fingerprint density at radius 1 is 1.22 bits per heavy atom. The Hall–Kier alpha value is -0.430. The van der Waals surface area contributed by atoms with E-state index in [1.54, 1.807) is 0 Å². The quantitative estimate of drug-likeness (QED) is 0.340. The molecule has 0 saturated heterocycles. The minimum Gasteiger partial charge on any atom is -0.352 e. The Morgan fingerprint density at radius 3 is 2.61 bits per heavy atom. The van der Waals surface area contributed by atoms with Crippen LogP contribution in [0.4, 0.5) is 8.78 Å². The van der Waals surface area contributed by atoms with Crippen LogP contribution in [0.25, 0.3) is 0 Å². The monoisotopic (exact) mass is 387 g/mol. The summed E-state index contributed by atoms with van der Waals surface area (Å²) in [6.45, 7) is 0.457. The smallest absolute Gasteiger partial charge is 0.254 e. The van der Waals surface area contributed by atoms with Gasteiger partial charge in [0.05, 0.1) is 10.6 Å². The van der Waals surface area contributed by atoms with Crippen LogP contribution in [0.15, 0.2) is 12.1 Å². The number of alkyl halides is 1. The van der Waals surface area contributed by atoms with Crippen molar-refractivity contribution >= 4 is 40.1 Å². The van der Waals surface area contributed by atoms with Crippen LogP contribution < -0.4 is 5.32 Å². The third-order valence-electron chi connectivity index (χ3n) is 2.35. The third-order valence-corrected chi connectivity index (χ3v) is 3.40. The molecular weight excluding hydrogens is 374 g/mol. The van der Waals surface area contributed by atoms with Crippen LogP contribution >= 0.6 is 34.2 Å². The molecule has 0 saturated carbocycles. The standard InChI is InChI=1S/C12H13ClF2INO/c13-9-7-10(14)8(6-11(9)15)12(18)17-5-3-1-2-4-16/h6-7H,1-5H2,(H,17,18). The van der Waals surface area contributed by atoms with Crippen LogP contribution in [-0.4, -0.2) is 16.9 Å². The lowest BCUT2D eigenvalue weighted by Crippen LogP contribution is -2.25. The van der Waals surface area contributed by atoms with Gasteiger partial charge in [-0.15, -0.1) is 0 Å². The molecule has 1 amide bonds. The summed E-state index contributed by atoms with van der Waals surface area (Å²) >= 11 is 7.69. The highest BCUT2D eigenvalue weighted by molar-refractivity contribution is 14.1. The molecule has 100 valence electrons. The Morgan fingerprint density at radius 2 is 1.94 bits per heavy atom. The molecule has 18 heavy (non-hydrogen) atoms. The molecule has 1 aromatic carbocycles. The van der Waals surface area contributed by atoms with Gasteiger partial charge in [0, 0.05) is 6.54 Å². The molecule has 1 rings (SSSR count). The summed E-state index contributed by atoms with van der Waals surface area (Å²) in [5.41, 5.74) is -0.314. The predicted octanol–water partition coefficient (Wildman–Crippen LogP) is 3.95. The van der Waals surface area contributed by atoms with Gasteiger partial charge >= 0.3 is 0 Å². The van der Waals surface area contributed by atoms with Gasteiger partial charge in [0.15, 0.2) is 0 Å². The average Bonchev–Trinajstić information content (AvgIpc) is 2.33. The molecule has 6 heteroatoms. The number of unbranched alkanes of at least 4 members (excludes halogenated alkanes) is 2. The van der Waals surface area contributed by atoms with E-state index in [0.717, 1.165) is 35.8 Å². The highest BCUT2D eigenvalue weighted by Gasteiger charge is 2.14. The van der Waals surface area contributed by atoms with Gasteiger partial charge in [0.2, 0.25) is 0 Å². The van der Waals surface area contributed by atoms with Crippen LogP contribution in [0, 0.1) is 11.6 Å². The lowest BCUT2D eigenvalue weighted by atomic mass is 10.2. The van der Waals surface area contributed by atoms with Crippen molar-refractivity contribution in [1.82, 2.24) is 5.32 Å². The van der Waals surface area contributed by atoms with E-state index in [-0.39, 0.29) is 10.6 Å². The Labute approximate surface area is 123 Å². The molecule has 0 aliphatic rings. The number of halogens is 4. The topological polar surface area (TPSA) is 29.1 Å². The number of nitrogens with one attached hydrogen (secondary N) is 1. The largest absolute Gasteiger partial charge is 0.352 e. The number of amides is 1. The van der Waals surface area contributed by atoms with Gasteiger partial charge in [0.1, 0.15) is 11.6 Å². The van der Waals surface area contributed by atoms with Gasteiger partial charge in [-0.3, -0.25) is 4.79 Å². The van der Waals surface area contributed by atoms with Crippen molar-refractivity contribution in [2.75, 3.05) is 11.0 Å². The molecule has 0 heterocycles. The maximum absolute atomic E-state index is 13.4. The van der Waals surface area contributed by atoms with Crippen LogP contribution in [0.3, 0.4) is 0 Å². The van der Waals surface area contributed by atoms with Gasteiger partial charge in [-0.2, -0.15) is 0 Å². The van der Waals surface area contributed by atoms with E-state index in [9.17, 15) is 13.6 Å². The van der Waals surface area contributed by atoms with Crippen LogP contribution in [0.2, 0.25) is 5.02 Å². The van der Waals surface area contributed by atoms with Crippen LogP contribution in [0.5, 0.6) is 0 Å². The van der Waals surface area contributed by atoms with Gasteiger partial charge in [-0.05, 0) is 29.4 Å². The molecule has 0 radical (unpaired) electrons. The normalized spacial score (nSPS) is 10.4. The second-order valence-electron chi connectivity index (χ2n) is 3.75. The average molecular weight is 388 g/mol. The van der Waals surface area contributed by atoms with Crippen molar-refractivity contribution < 1.29 is 13.6 Å². The second-order valence-corrected chi connectivity index (χ2v) is 5.24. The molecule has 0 atom stereocenters. The number of rotatable bonds is 6. The Balaban J connectivity index is 2.54. The SMILES string of the molecule is O=C(NCCCCCI)c1cc(F)c(Cl)cc1F. The second kappa shape index (κ2) is 7.89. The first-order valence-electron chi connectivity index (χ1n) is 5.55. The first kappa shape index (κ1) is 15.6. The van der Waals surface area contributed by atoms with Crippen molar-refractivity contribution in [2.45, 2.75) is 19.3 Å². The first-order chi connectivity index (χ1) is 8.56. The maximum atomic E-state index is 13.4. The van der Waals surface area contributed by atoms with E-state index in [2.05, 4.69) is 27.9 Å². The van der Waals surface area contributed by atoms with Gasteiger partial charge in [-0.25, -0.2) is 8.78 Å². The Kier molecular flexibility index (Phi) is 6.85. The van der Waals surface area contributed by atoms with E-state index in [1.807, 2.05) is 0 Å². The summed E-state index contributed by atoms with van der Waals surface area (Å²) in [6, 6.07) is 1.62. The molecule has 0 aromatic heterocycles. The van der Waals surface area contributed by atoms with E-state index in [1.165, 1.54) is 0 Å². The van der Waals surface area contributed by atoms with E-state index in [4.69, 9.17) is 11.6 Å². The molecule has 0 fully saturated rings. The van der Waals surface area contributed by atoms with Crippen LogP contribution in [0.1, 0.15) is 29.6 Å². The van der Waals surface area contributed by atoms with Crippen molar-refractivity contribution in [1.29, 1.82) is 0 Å². The zero-order valence-electron chi connectivity index (χ0n) is 9.61. The summed E-state index contributed by atoms with van der Waals surface area (Å²) in [5, 5.41) is 2.23. The summed E-state index contributed by atoms with van der Waals surface area (Å²) < 4.78 is 27.6. The summed E-state index contributed by atoms with van der Waals surface area (Å²) in [7, 11) is 0. The first-order valence-corrected chi connectivity index (χ1v) is 7.45. The summed E-state index contributed by atoms with van der Waals surface area (Å²) in [5.74, 6) is -2.23. The maximum Gasteiger partial charge on any atom is 0.254 e. The zero-order chi connectivity index (χ0) is 13.5. The predicted molar refractivity (Wildman–Crippen MR) is 76.4 cm³/mol. The fourth-order valence-electron chi connectivity index (χ4n) is 1.39. The lowest BCUT2D eigenvalue weighted by Gasteiger charge is -2.06. The highest BCUT2D eigenvalue weighted by Crippen LogP contribution is 2.19. The number of hydrogen-bond acceptors (Lipinski definition) is 1. The van der Waals surface area contributed by atoms with Crippen molar-refractivity contribution in [3.63, 3.8) is 0 Å². The van der Waals surface area contributed by atoms with Gasteiger partial charge in [-0.1, -0.05) is 40.6 Å². The molecular formula is C12H13ClF2INO. The van der Waals surface area contributed by atoms with Gasteiger partial charge in [0.25, 0.3) is 5.91 Å². The van der Waals surface area contributed by atoms with Crippen LogP contribution in [-0.2, 0) is 0 Å². The molecule has 0 aliphatic carbocycles. The number of benzene rings is 1. The van der Waals surface area contributed by atoms with E-state index >= 15 is 0 Å². The molecule has 1 N–H and O–H groups in total. The summed E-state index contributed by atoms with van der Waals surface area (Å²) in [6.07, 6.45) is 2.91. The van der Waals surface area contributed by atoms with Gasteiger partial charge < -0.3 is 5.32 Å². The number of carbonyl (C=O) groups is 1. The molecule has 0 bridgehead atoms. The van der Waals surface area contributed by atoms with E-state index in [0.29, 0.717) is 6.54 Å². The fraction of sp³-hybridized carbons (Fsp3) is 0.417. The van der Waals surface area contributed by atoms with Crippen molar-refractivity contribution in [3.05, 3.63) is 34.4 Å². The van der Waals surface area contributed by atoms with Crippen molar-refractivity contribution in [2.24, 2.45) is 0 Å². The number of hydrogen-bond donors (Lipinski definition) is 1. The molecule has 0 spiro atoms. The fourth-order valence-corrected chi connectivity index (χ4v) is 2.08. The molecule has 2 nitrogen and oxygen atoms in total. The zero-order valence-corrected chi connectivity index (χ0v) is 12.5. The highest BCUT2D eigenvalue weighted by atomic mass is 127. The third kappa shape index (κ3) is 4.68. The number of carbonyl (C=O) groups excluding carboxylic acids is 1. The van der Waals surface area contributed by atoms with E-state index < -0.39 is 17.5 Å².